The number of halogens is 1. The molecule has 1 atom stereocenters. The van der Waals surface area contributed by atoms with Crippen molar-refractivity contribution in [2.24, 2.45) is 0 Å². The third-order valence-electron chi connectivity index (χ3n) is 8.33. The summed E-state index contributed by atoms with van der Waals surface area (Å²) in [6, 6.07) is 16.0. The molecule has 1 aliphatic heterocycles. The molecule has 2 aliphatic rings. The monoisotopic (exact) mass is 647 g/mol. The Morgan fingerprint density at radius 3 is 2.54 bits per heavy atom. The largest absolute Gasteiger partial charge is 0.438 e. The zero-order chi connectivity index (χ0) is 31.9. The average Bonchev–Trinajstić information content (AvgIpc) is 3.46. The highest BCUT2D eigenvalue weighted by molar-refractivity contribution is 7.98. The Bertz CT molecular complexity index is 1670. The van der Waals surface area contributed by atoms with Crippen molar-refractivity contribution >= 4 is 34.5 Å². The quantitative estimate of drug-likeness (QED) is 0.188. The first kappa shape index (κ1) is 32.0. The number of rotatable bonds is 11. The Kier molecular flexibility index (Phi) is 10.5. The van der Waals surface area contributed by atoms with E-state index in [0.717, 1.165) is 53.9 Å². The number of aromatic nitrogens is 3. The molecule has 1 unspecified atom stereocenters. The molecule has 10 nitrogen and oxygen atoms in total. The number of para-hydroxylation sites is 1. The molecule has 1 aliphatic carbocycles. The fourth-order valence-corrected chi connectivity index (χ4v) is 6.37. The maximum Gasteiger partial charge on any atom is 0.272 e. The van der Waals surface area contributed by atoms with Gasteiger partial charge in [0.2, 0.25) is 5.88 Å². The van der Waals surface area contributed by atoms with E-state index in [1.165, 1.54) is 0 Å². The molecule has 2 aromatic heterocycles. The van der Waals surface area contributed by atoms with E-state index in [2.05, 4.69) is 20.7 Å². The molecule has 2 fully saturated rings. The maximum atomic E-state index is 14.1. The molecule has 1 saturated carbocycles. The Labute approximate surface area is 271 Å². The average molecular weight is 648 g/mol. The van der Waals surface area contributed by atoms with Crippen molar-refractivity contribution in [2.75, 3.05) is 19.5 Å². The highest BCUT2D eigenvalue weighted by atomic mass is 32.2. The van der Waals surface area contributed by atoms with Gasteiger partial charge in [0.1, 0.15) is 17.1 Å². The zero-order valence-electron chi connectivity index (χ0n) is 25.7. The van der Waals surface area contributed by atoms with Crippen LogP contribution in [0, 0.1) is 5.82 Å². The van der Waals surface area contributed by atoms with Gasteiger partial charge in [0.05, 0.1) is 24.9 Å². The zero-order valence-corrected chi connectivity index (χ0v) is 26.6. The number of amides is 2. The first-order valence-electron chi connectivity index (χ1n) is 15.7. The van der Waals surface area contributed by atoms with Crippen molar-refractivity contribution in [1.82, 2.24) is 25.4 Å². The number of carbonyl (C=O) groups excluding carboxylic acids is 2. The summed E-state index contributed by atoms with van der Waals surface area (Å²) in [6.45, 7) is 1.68. The molecule has 2 N–H and O–H groups in total. The fraction of sp³-hybridized carbons (Fsp3) is 0.412. The number of pyridine rings is 1. The minimum Gasteiger partial charge on any atom is -0.438 e. The number of nitrogens with zero attached hydrogens (tertiary/aromatic N) is 3. The van der Waals surface area contributed by atoms with E-state index in [4.69, 9.17) is 14.2 Å². The second kappa shape index (κ2) is 15.1. The van der Waals surface area contributed by atoms with Gasteiger partial charge in [-0.2, -0.15) is 5.10 Å². The molecule has 4 aromatic rings. The fourth-order valence-electron chi connectivity index (χ4n) is 5.92. The van der Waals surface area contributed by atoms with E-state index >= 15 is 0 Å². The lowest BCUT2D eigenvalue weighted by Gasteiger charge is -2.29. The molecule has 0 bridgehead atoms. The summed E-state index contributed by atoms with van der Waals surface area (Å²) in [7, 11) is 0. The molecular weight excluding hydrogens is 609 g/mol. The molecule has 2 aromatic carbocycles. The van der Waals surface area contributed by atoms with Crippen LogP contribution in [0.3, 0.4) is 0 Å². The number of ether oxygens (including phenoxy) is 3. The summed E-state index contributed by atoms with van der Waals surface area (Å²) in [5.41, 5.74) is 1.29. The third kappa shape index (κ3) is 7.86. The van der Waals surface area contributed by atoms with Gasteiger partial charge in [-0.15, -0.1) is 11.8 Å². The van der Waals surface area contributed by atoms with Gasteiger partial charge in [-0.25, -0.2) is 9.37 Å². The summed E-state index contributed by atoms with van der Waals surface area (Å²) in [5, 5.41) is 11.6. The summed E-state index contributed by atoms with van der Waals surface area (Å²) in [5.74, 6) is -0.749. The molecule has 3 heterocycles. The summed E-state index contributed by atoms with van der Waals surface area (Å²) >= 11 is 1.56. The standard InChI is InChI=1S/C34H38FN5O5S/c1-46-26-8-6-7-25(20-26)45-34-28(19-22(35)21-36-34)32(41)37-23-12-14-24(15-13-23)38-33(42)31-27-9-2-3-10-29(27)40(39-31)16-18-44-30-11-4-5-17-43-30/h2-3,6-10,19-21,23-24,30H,4-5,11-18H2,1H3,(H,37,41)(H,38,42). The number of hydrogen-bond acceptors (Lipinski definition) is 8. The van der Waals surface area contributed by atoms with E-state index in [1.807, 2.05) is 53.4 Å². The van der Waals surface area contributed by atoms with Crippen LogP contribution in [0.5, 0.6) is 11.6 Å². The lowest BCUT2D eigenvalue weighted by molar-refractivity contribution is -0.163. The minimum absolute atomic E-state index is 0.0316. The van der Waals surface area contributed by atoms with Crippen molar-refractivity contribution < 1.29 is 28.2 Å². The normalized spacial score (nSPS) is 19.9. The van der Waals surface area contributed by atoms with E-state index < -0.39 is 11.7 Å². The van der Waals surface area contributed by atoms with Crippen LogP contribution < -0.4 is 15.4 Å². The van der Waals surface area contributed by atoms with Crippen LogP contribution in [0.4, 0.5) is 4.39 Å². The van der Waals surface area contributed by atoms with Crippen LogP contribution >= 0.6 is 11.8 Å². The van der Waals surface area contributed by atoms with Crippen LogP contribution in [0.25, 0.3) is 10.9 Å². The molecule has 0 spiro atoms. The number of benzene rings is 2. The van der Waals surface area contributed by atoms with Gasteiger partial charge >= 0.3 is 0 Å². The predicted octanol–water partition coefficient (Wildman–Crippen LogP) is 6.10. The number of thioether (sulfide) groups is 1. The molecule has 242 valence electrons. The SMILES string of the molecule is CSc1cccc(Oc2ncc(F)cc2C(=O)NC2CCC(NC(=O)c3nn(CCOC4CCCCO4)c4ccccc34)CC2)c1. The summed E-state index contributed by atoms with van der Waals surface area (Å²) in [4.78, 5) is 31.7. The van der Waals surface area contributed by atoms with Gasteiger partial charge in [-0.3, -0.25) is 14.3 Å². The van der Waals surface area contributed by atoms with E-state index in [9.17, 15) is 14.0 Å². The minimum atomic E-state index is -0.623. The molecule has 6 rings (SSSR count). The highest BCUT2D eigenvalue weighted by Crippen LogP contribution is 2.28. The van der Waals surface area contributed by atoms with Crippen LogP contribution in [0.1, 0.15) is 65.8 Å². The van der Waals surface area contributed by atoms with Crippen LogP contribution in [0.15, 0.2) is 65.7 Å². The molecule has 46 heavy (non-hydrogen) atoms. The topological polar surface area (TPSA) is 117 Å². The van der Waals surface area contributed by atoms with Gasteiger partial charge in [-0.05, 0) is 81.5 Å². The van der Waals surface area contributed by atoms with Crippen molar-refractivity contribution in [3.8, 4) is 11.6 Å². The number of carbonyl (C=O) groups is 2. The van der Waals surface area contributed by atoms with Crippen LogP contribution in [-0.4, -0.2) is 64.4 Å². The Morgan fingerprint density at radius 1 is 1.00 bits per heavy atom. The first-order valence-corrected chi connectivity index (χ1v) is 17.0. The van der Waals surface area contributed by atoms with E-state index in [0.29, 0.717) is 50.3 Å². The maximum absolute atomic E-state index is 14.1. The summed E-state index contributed by atoms with van der Waals surface area (Å²) in [6.07, 6.45) is 8.53. The second-order valence-corrected chi connectivity index (χ2v) is 12.4. The third-order valence-corrected chi connectivity index (χ3v) is 9.06. The Hall–Kier alpha value is -4.00. The van der Waals surface area contributed by atoms with Gasteiger partial charge in [0.25, 0.3) is 11.8 Å². The smallest absolute Gasteiger partial charge is 0.272 e. The van der Waals surface area contributed by atoms with E-state index in [-0.39, 0.29) is 35.7 Å². The predicted molar refractivity (Wildman–Crippen MR) is 173 cm³/mol. The molecule has 12 heteroatoms. The number of nitrogens with one attached hydrogen (secondary N) is 2. The summed E-state index contributed by atoms with van der Waals surface area (Å²) < 4.78 is 33.4. The van der Waals surface area contributed by atoms with Crippen molar-refractivity contribution in [3.05, 3.63) is 77.9 Å². The molecule has 2 amide bonds. The van der Waals surface area contributed by atoms with Gasteiger partial charge in [-0.1, -0.05) is 24.3 Å². The Balaban J connectivity index is 1.03. The van der Waals surface area contributed by atoms with Gasteiger partial charge in [0, 0.05) is 29.0 Å². The highest BCUT2D eigenvalue weighted by Gasteiger charge is 2.27. The molecule has 1 saturated heterocycles. The van der Waals surface area contributed by atoms with Crippen LogP contribution in [0.2, 0.25) is 0 Å². The second-order valence-electron chi connectivity index (χ2n) is 11.5. The van der Waals surface area contributed by atoms with Gasteiger partial charge < -0.3 is 24.8 Å². The number of hydrogen-bond donors (Lipinski definition) is 2. The molecular formula is C34H38FN5O5S. The first-order chi connectivity index (χ1) is 22.5. The lowest BCUT2D eigenvalue weighted by atomic mass is 9.91. The van der Waals surface area contributed by atoms with Crippen LogP contribution in [-0.2, 0) is 16.0 Å². The number of fused-ring (bicyclic) bond motifs is 1. The lowest BCUT2D eigenvalue weighted by Crippen LogP contribution is -2.44. The Morgan fingerprint density at radius 2 is 1.78 bits per heavy atom. The van der Waals surface area contributed by atoms with Gasteiger partial charge in [0.15, 0.2) is 12.0 Å². The van der Waals surface area contributed by atoms with Crippen molar-refractivity contribution in [2.45, 2.75) is 74.8 Å². The van der Waals surface area contributed by atoms with E-state index in [1.54, 1.807) is 17.8 Å². The van der Waals surface area contributed by atoms with Crippen molar-refractivity contribution in [1.29, 1.82) is 0 Å². The molecule has 0 radical (unpaired) electrons. The van der Waals surface area contributed by atoms with Crippen molar-refractivity contribution in [3.63, 3.8) is 0 Å².